The van der Waals surface area contributed by atoms with Crippen molar-refractivity contribution in [3.8, 4) is 5.75 Å². The van der Waals surface area contributed by atoms with Crippen molar-refractivity contribution in [3.05, 3.63) is 51.7 Å². The first kappa shape index (κ1) is 18.0. The van der Waals surface area contributed by atoms with Crippen molar-refractivity contribution in [2.45, 2.75) is 32.7 Å². The number of anilines is 1. The van der Waals surface area contributed by atoms with Gasteiger partial charge in [-0.05, 0) is 31.0 Å². The molecule has 1 aromatic heterocycles. The fourth-order valence-corrected chi connectivity index (χ4v) is 2.37. The highest BCUT2D eigenvalue weighted by atomic mass is 35.5. The molecule has 6 nitrogen and oxygen atoms in total. The molecule has 0 radical (unpaired) electrons. The minimum absolute atomic E-state index is 0.129. The predicted octanol–water partition coefficient (Wildman–Crippen LogP) is 2.89. The van der Waals surface area contributed by atoms with E-state index in [1.165, 1.54) is 24.1 Å². The zero-order valence-corrected chi connectivity index (χ0v) is 14.5. The fourth-order valence-electron chi connectivity index (χ4n) is 2.20. The van der Waals surface area contributed by atoms with Crippen LogP contribution in [0.15, 0.2) is 35.4 Å². The van der Waals surface area contributed by atoms with Gasteiger partial charge in [0.15, 0.2) is 0 Å². The van der Waals surface area contributed by atoms with E-state index in [0.717, 1.165) is 25.0 Å². The molecule has 1 N–H and O–H groups in total. The highest BCUT2D eigenvalue weighted by Crippen LogP contribution is 2.27. The number of hydrogen-bond donors (Lipinski definition) is 1. The number of carbonyl (C=O) groups excluding carboxylic acids is 1. The number of carbonyl (C=O) groups is 1. The van der Waals surface area contributed by atoms with E-state index in [4.69, 9.17) is 16.3 Å². The van der Waals surface area contributed by atoms with Gasteiger partial charge in [0.1, 0.15) is 12.3 Å². The first-order valence-corrected chi connectivity index (χ1v) is 8.10. The summed E-state index contributed by atoms with van der Waals surface area (Å²) in [5, 5.41) is 3.17. The summed E-state index contributed by atoms with van der Waals surface area (Å²) in [6.45, 7) is 1.95. The summed E-state index contributed by atoms with van der Waals surface area (Å²) in [4.78, 5) is 28.5. The lowest BCUT2D eigenvalue weighted by molar-refractivity contribution is -0.116. The maximum Gasteiger partial charge on any atom is 0.253 e. The molecule has 24 heavy (non-hydrogen) atoms. The van der Waals surface area contributed by atoms with Crippen LogP contribution in [0.5, 0.6) is 5.75 Å². The van der Waals surface area contributed by atoms with E-state index in [9.17, 15) is 9.59 Å². The number of nitrogens with one attached hydrogen (secondary N) is 1. The van der Waals surface area contributed by atoms with Crippen LogP contribution in [0, 0.1) is 0 Å². The van der Waals surface area contributed by atoms with E-state index >= 15 is 0 Å². The minimum Gasteiger partial charge on any atom is -0.495 e. The van der Waals surface area contributed by atoms with Crippen molar-refractivity contribution < 1.29 is 9.53 Å². The second kappa shape index (κ2) is 8.49. The Morgan fingerprint density at radius 1 is 1.38 bits per heavy atom. The third kappa shape index (κ3) is 4.83. The van der Waals surface area contributed by atoms with Gasteiger partial charge in [-0.2, -0.15) is 0 Å². The molecule has 0 saturated heterocycles. The van der Waals surface area contributed by atoms with Crippen LogP contribution in [0.1, 0.15) is 25.5 Å². The van der Waals surface area contributed by atoms with Crippen LogP contribution in [0.25, 0.3) is 0 Å². The Morgan fingerprint density at radius 3 is 2.83 bits per heavy atom. The van der Waals surface area contributed by atoms with Gasteiger partial charge in [-0.1, -0.05) is 24.9 Å². The van der Waals surface area contributed by atoms with Crippen LogP contribution in [-0.2, 0) is 17.8 Å². The van der Waals surface area contributed by atoms with Crippen LogP contribution >= 0.6 is 11.6 Å². The van der Waals surface area contributed by atoms with Crippen LogP contribution < -0.4 is 15.6 Å². The van der Waals surface area contributed by atoms with Gasteiger partial charge in [0.05, 0.1) is 19.1 Å². The number of rotatable bonds is 7. The zero-order chi connectivity index (χ0) is 17.5. The number of aromatic nitrogens is 2. The normalized spacial score (nSPS) is 10.5. The maximum absolute atomic E-state index is 12.2. The summed E-state index contributed by atoms with van der Waals surface area (Å²) in [7, 11) is 1.50. The second-order valence-corrected chi connectivity index (χ2v) is 5.78. The molecule has 0 bridgehead atoms. The number of benzene rings is 1. The molecule has 0 aliphatic carbocycles. The van der Waals surface area contributed by atoms with Crippen LogP contribution in [0.2, 0.25) is 5.02 Å². The number of halogens is 1. The Morgan fingerprint density at radius 2 is 2.17 bits per heavy atom. The number of amides is 1. The van der Waals surface area contributed by atoms with Gasteiger partial charge in [-0.25, -0.2) is 4.98 Å². The lowest BCUT2D eigenvalue weighted by Crippen LogP contribution is -2.28. The molecular weight excluding hydrogens is 330 g/mol. The zero-order valence-electron chi connectivity index (χ0n) is 13.7. The molecule has 1 amide bonds. The lowest BCUT2D eigenvalue weighted by Gasteiger charge is -2.11. The molecule has 0 atom stereocenters. The van der Waals surface area contributed by atoms with Gasteiger partial charge in [-0.15, -0.1) is 0 Å². The first-order valence-electron chi connectivity index (χ1n) is 7.72. The Labute approximate surface area is 145 Å². The summed E-state index contributed by atoms with van der Waals surface area (Å²) < 4.78 is 6.44. The smallest absolute Gasteiger partial charge is 0.253 e. The molecule has 2 aromatic rings. The molecule has 2 rings (SSSR count). The Kier molecular flexibility index (Phi) is 6.37. The number of ether oxygens (including phenoxy) is 1. The molecule has 1 heterocycles. The van der Waals surface area contributed by atoms with Crippen molar-refractivity contribution in [3.63, 3.8) is 0 Å². The van der Waals surface area contributed by atoms with E-state index in [1.54, 1.807) is 18.2 Å². The summed E-state index contributed by atoms with van der Waals surface area (Å²) in [5.41, 5.74) is 0.954. The van der Waals surface area contributed by atoms with Crippen LogP contribution in [0.3, 0.4) is 0 Å². The topological polar surface area (TPSA) is 73.2 Å². The van der Waals surface area contributed by atoms with Crippen LogP contribution in [-0.4, -0.2) is 22.6 Å². The number of unbranched alkanes of at least 4 members (excludes halogenated alkanes) is 1. The van der Waals surface area contributed by atoms with E-state index in [1.807, 2.05) is 0 Å². The number of hydrogen-bond acceptors (Lipinski definition) is 4. The highest BCUT2D eigenvalue weighted by Gasteiger charge is 2.10. The quantitative estimate of drug-likeness (QED) is 0.834. The van der Waals surface area contributed by atoms with Gasteiger partial charge in [-0.3, -0.25) is 14.2 Å². The molecule has 0 unspecified atom stereocenters. The Hall–Kier alpha value is -2.34. The van der Waals surface area contributed by atoms with E-state index < -0.39 is 0 Å². The standard InChI is InChI=1S/C17H20ClN3O3/c1-3-4-5-13-9-17(23)21(11-19-13)10-16(22)20-14-8-12(18)6-7-15(14)24-2/h6-9,11H,3-5,10H2,1-2H3,(H,20,22). The van der Waals surface area contributed by atoms with Gasteiger partial charge in [0, 0.05) is 16.8 Å². The average Bonchev–Trinajstić information content (AvgIpc) is 2.55. The third-order valence-corrected chi connectivity index (χ3v) is 3.71. The first-order chi connectivity index (χ1) is 11.5. The molecular formula is C17H20ClN3O3. The summed E-state index contributed by atoms with van der Waals surface area (Å²) in [6, 6.07) is 6.39. The summed E-state index contributed by atoms with van der Waals surface area (Å²) in [5.74, 6) is 0.133. The third-order valence-electron chi connectivity index (χ3n) is 3.47. The number of aryl methyl sites for hydroxylation is 1. The van der Waals surface area contributed by atoms with Crippen molar-refractivity contribution in [2.75, 3.05) is 12.4 Å². The Bertz CT molecular complexity index is 774. The summed E-state index contributed by atoms with van der Waals surface area (Å²) in [6.07, 6.45) is 4.18. The second-order valence-electron chi connectivity index (χ2n) is 5.34. The predicted molar refractivity (Wildman–Crippen MR) is 93.7 cm³/mol. The minimum atomic E-state index is -0.360. The van der Waals surface area contributed by atoms with Crippen molar-refractivity contribution in [1.82, 2.24) is 9.55 Å². The van der Waals surface area contributed by atoms with Crippen LogP contribution in [0.4, 0.5) is 5.69 Å². The molecule has 0 aliphatic heterocycles. The molecule has 7 heteroatoms. The molecule has 1 aromatic carbocycles. The number of nitrogens with zero attached hydrogens (tertiary/aromatic N) is 2. The SMILES string of the molecule is CCCCc1cc(=O)n(CC(=O)Nc2cc(Cl)ccc2OC)cn1. The lowest BCUT2D eigenvalue weighted by atomic mass is 10.2. The number of methoxy groups -OCH3 is 1. The van der Waals surface area contributed by atoms with E-state index in [2.05, 4.69) is 17.2 Å². The molecule has 0 spiro atoms. The van der Waals surface area contributed by atoms with Gasteiger partial charge in [0.2, 0.25) is 5.91 Å². The van der Waals surface area contributed by atoms with Gasteiger partial charge < -0.3 is 10.1 Å². The molecule has 0 fully saturated rings. The van der Waals surface area contributed by atoms with E-state index in [-0.39, 0.29) is 18.0 Å². The van der Waals surface area contributed by atoms with Gasteiger partial charge >= 0.3 is 0 Å². The highest BCUT2D eigenvalue weighted by molar-refractivity contribution is 6.31. The molecule has 0 saturated carbocycles. The van der Waals surface area contributed by atoms with Crippen molar-refractivity contribution >= 4 is 23.2 Å². The Balaban J connectivity index is 2.07. The average molecular weight is 350 g/mol. The monoisotopic (exact) mass is 349 g/mol. The fraction of sp³-hybridized carbons (Fsp3) is 0.353. The largest absolute Gasteiger partial charge is 0.495 e. The van der Waals surface area contributed by atoms with E-state index in [0.29, 0.717) is 16.5 Å². The summed E-state index contributed by atoms with van der Waals surface area (Å²) >= 11 is 5.93. The van der Waals surface area contributed by atoms with Gasteiger partial charge in [0.25, 0.3) is 5.56 Å². The maximum atomic E-state index is 12.2. The van der Waals surface area contributed by atoms with Crippen molar-refractivity contribution in [2.24, 2.45) is 0 Å². The molecule has 128 valence electrons. The molecule has 0 aliphatic rings. The van der Waals surface area contributed by atoms with Crippen molar-refractivity contribution in [1.29, 1.82) is 0 Å².